The van der Waals surface area contributed by atoms with Gasteiger partial charge in [-0.05, 0) is 55.0 Å². The molecule has 11 heteroatoms. The Morgan fingerprint density at radius 3 is 1.97 bits per heavy atom. The molecule has 0 bridgehead atoms. The summed E-state index contributed by atoms with van der Waals surface area (Å²) in [5.41, 5.74) is 0.567. The van der Waals surface area contributed by atoms with Crippen molar-refractivity contribution in [2.24, 2.45) is 0 Å². The Labute approximate surface area is 183 Å². The maximum Gasteiger partial charge on any atom is 0.341 e. The lowest BCUT2D eigenvalue weighted by Gasteiger charge is -2.08. The number of hydrogen-bond donors (Lipinski definition) is 1. The van der Waals surface area contributed by atoms with Gasteiger partial charge in [-0.1, -0.05) is 13.3 Å². The molecule has 0 fully saturated rings. The molecule has 2 rings (SSSR count). The standard InChI is InChI=1S/C21H21F2NO7S/c1-2-3-12-30-19(26)14-4-8-16(9-5-14)24-18(25)13-31-20(27)15-6-10-17(11-7-15)32(28,29)21(22)23/h4-11,21H,2-3,12-13H2,1H3,(H,24,25). The highest BCUT2D eigenvalue weighted by Gasteiger charge is 2.26. The zero-order chi connectivity index (χ0) is 23.7. The van der Waals surface area contributed by atoms with Crippen LogP contribution in [0.2, 0.25) is 0 Å². The van der Waals surface area contributed by atoms with Gasteiger partial charge in [-0.25, -0.2) is 18.0 Å². The van der Waals surface area contributed by atoms with Gasteiger partial charge in [-0.3, -0.25) is 4.79 Å². The molecule has 2 aromatic rings. The van der Waals surface area contributed by atoms with Crippen LogP contribution in [-0.2, 0) is 24.1 Å². The summed E-state index contributed by atoms with van der Waals surface area (Å²) in [6.45, 7) is 1.66. The van der Waals surface area contributed by atoms with Crippen LogP contribution in [0.1, 0.15) is 40.5 Å². The Balaban J connectivity index is 1.86. The third-order valence-electron chi connectivity index (χ3n) is 4.12. The number of sulfone groups is 1. The first-order chi connectivity index (χ1) is 15.1. The van der Waals surface area contributed by atoms with Crippen LogP contribution in [0.5, 0.6) is 0 Å². The quantitative estimate of drug-likeness (QED) is 0.419. The fourth-order valence-corrected chi connectivity index (χ4v) is 3.10. The summed E-state index contributed by atoms with van der Waals surface area (Å²) in [6, 6.07) is 9.65. The van der Waals surface area contributed by atoms with E-state index in [0.29, 0.717) is 17.9 Å². The van der Waals surface area contributed by atoms with Gasteiger partial charge in [0.15, 0.2) is 6.61 Å². The van der Waals surface area contributed by atoms with Crippen molar-refractivity contribution in [3.63, 3.8) is 0 Å². The number of carbonyl (C=O) groups excluding carboxylic acids is 3. The van der Waals surface area contributed by atoms with Gasteiger partial charge in [0, 0.05) is 5.69 Å². The van der Waals surface area contributed by atoms with Crippen LogP contribution >= 0.6 is 0 Å². The van der Waals surface area contributed by atoms with Crippen molar-refractivity contribution >= 4 is 33.4 Å². The number of halogens is 2. The SMILES string of the molecule is CCCCOC(=O)c1ccc(NC(=O)COC(=O)c2ccc(S(=O)(=O)C(F)F)cc2)cc1. The fourth-order valence-electron chi connectivity index (χ4n) is 2.38. The van der Waals surface area contributed by atoms with Crippen molar-refractivity contribution in [1.82, 2.24) is 0 Å². The summed E-state index contributed by atoms with van der Waals surface area (Å²) in [4.78, 5) is 35.1. The van der Waals surface area contributed by atoms with E-state index in [1.165, 1.54) is 24.3 Å². The molecule has 0 saturated carbocycles. The van der Waals surface area contributed by atoms with Crippen molar-refractivity contribution in [1.29, 1.82) is 0 Å². The normalized spacial score (nSPS) is 11.1. The van der Waals surface area contributed by atoms with E-state index in [0.717, 1.165) is 37.1 Å². The lowest BCUT2D eigenvalue weighted by atomic mass is 10.2. The maximum absolute atomic E-state index is 12.5. The smallest absolute Gasteiger partial charge is 0.341 e. The Morgan fingerprint density at radius 2 is 1.44 bits per heavy atom. The van der Waals surface area contributed by atoms with Crippen LogP contribution in [0.15, 0.2) is 53.4 Å². The van der Waals surface area contributed by atoms with Gasteiger partial charge < -0.3 is 14.8 Å². The van der Waals surface area contributed by atoms with E-state index in [2.05, 4.69) is 5.32 Å². The molecule has 0 aliphatic carbocycles. The summed E-state index contributed by atoms with van der Waals surface area (Å²) >= 11 is 0. The summed E-state index contributed by atoms with van der Waals surface area (Å²) in [5.74, 6) is -5.65. The molecule has 1 amide bonds. The number of unbranched alkanes of at least 4 members (excludes halogenated alkanes) is 1. The first kappa shape index (κ1) is 24.9. The van der Waals surface area contributed by atoms with Crippen LogP contribution in [0, 0.1) is 0 Å². The molecule has 0 saturated heterocycles. The van der Waals surface area contributed by atoms with Crippen LogP contribution in [-0.4, -0.2) is 45.2 Å². The van der Waals surface area contributed by atoms with Crippen molar-refractivity contribution < 1.29 is 41.1 Å². The van der Waals surface area contributed by atoms with Crippen molar-refractivity contribution in [3.8, 4) is 0 Å². The molecule has 0 heterocycles. The van der Waals surface area contributed by atoms with E-state index >= 15 is 0 Å². The second-order valence-electron chi connectivity index (χ2n) is 6.52. The summed E-state index contributed by atoms with van der Waals surface area (Å²) in [6.07, 6.45) is 1.66. The monoisotopic (exact) mass is 469 g/mol. The molecular formula is C21H21F2NO7S. The molecule has 172 valence electrons. The first-order valence-corrected chi connectivity index (χ1v) is 11.1. The Morgan fingerprint density at radius 1 is 0.906 bits per heavy atom. The minimum absolute atomic E-state index is 0.114. The first-order valence-electron chi connectivity index (χ1n) is 9.51. The largest absolute Gasteiger partial charge is 0.462 e. The lowest BCUT2D eigenvalue weighted by molar-refractivity contribution is -0.119. The number of alkyl halides is 2. The molecule has 2 aromatic carbocycles. The molecule has 0 radical (unpaired) electrons. The third-order valence-corrected chi connectivity index (χ3v) is 5.52. The number of nitrogens with one attached hydrogen (secondary N) is 1. The van der Waals surface area contributed by atoms with Gasteiger partial charge in [0.05, 0.1) is 22.6 Å². The number of amides is 1. The average Bonchev–Trinajstić information content (AvgIpc) is 2.78. The molecule has 0 atom stereocenters. The predicted octanol–water partition coefficient (Wildman–Crippen LogP) is 3.44. The van der Waals surface area contributed by atoms with E-state index in [9.17, 15) is 31.6 Å². The van der Waals surface area contributed by atoms with Crippen molar-refractivity contribution in [2.75, 3.05) is 18.5 Å². The Bertz CT molecular complexity index is 1050. The molecular weight excluding hydrogens is 448 g/mol. The average molecular weight is 469 g/mol. The van der Waals surface area contributed by atoms with Gasteiger partial charge in [0.25, 0.3) is 5.91 Å². The maximum atomic E-state index is 12.5. The minimum Gasteiger partial charge on any atom is -0.462 e. The molecule has 0 spiro atoms. The minimum atomic E-state index is -4.77. The molecule has 0 aliphatic heterocycles. The van der Waals surface area contributed by atoms with Gasteiger partial charge in [-0.2, -0.15) is 8.78 Å². The van der Waals surface area contributed by atoms with E-state index in [1.807, 2.05) is 6.92 Å². The van der Waals surface area contributed by atoms with E-state index in [-0.39, 0.29) is 5.56 Å². The molecule has 8 nitrogen and oxygen atoms in total. The van der Waals surface area contributed by atoms with Gasteiger partial charge in [0.1, 0.15) is 0 Å². The fraction of sp³-hybridized carbons (Fsp3) is 0.286. The predicted molar refractivity (Wildman–Crippen MR) is 110 cm³/mol. The number of carbonyl (C=O) groups is 3. The third kappa shape index (κ3) is 6.84. The van der Waals surface area contributed by atoms with Gasteiger partial charge in [0.2, 0.25) is 9.84 Å². The van der Waals surface area contributed by atoms with Crippen LogP contribution < -0.4 is 5.32 Å². The molecule has 0 aromatic heterocycles. The summed E-state index contributed by atoms with van der Waals surface area (Å²) in [5, 5.41) is 2.48. The van der Waals surface area contributed by atoms with Gasteiger partial charge in [-0.15, -0.1) is 0 Å². The Kier molecular flexibility index (Phi) is 8.82. The van der Waals surface area contributed by atoms with E-state index < -0.39 is 44.9 Å². The molecule has 0 aliphatic rings. The number of benzene rings is 2. The summed E-state index contributed by atoms with van der Waals surface area (Å²) < 4.78 is 57.7. The topological polar surface area (TPSA) is 116 Å². The van der Waals surface area contributed by atoms with Crippen LogP contribution in [0.4, 0.5) is 14.5 Å². The second-order valence-corrected chi connectivity index (χ2v) is 8.44. The zero-order valence-corrected chi connectivity index (χ0v) is 17.9. The molecule has 32 heavy (non-hydrogen) atoms. The van der Waals surface area contributed by atoms with Crippen LogP contribution in [0.3, 0.4) is 0 Å². The van der Waals surface area contributed by atoms with Crippen LogP contribution in [0.25, 0.3) is 0 Å². The van der Waals surface area contributed by atoms with Crippen molar-refractivity contribution in [3.05, 3.63) is 59.7 Å². The number of hydrogen-bond acceptors (Lipinski definition) is 7. The molecule has 0 unspecified atom stereocenters. The highest BCUT2D eigenvalue weighted by molar-refractivity contribution is 7.91. The number of rotatable bonds is 10. The highest BCUT2D eigenvalue weighted by Crippen LogP contribution is 2.19. The lowest BCUT2D eigenvalue weighted by Crippen LogP contribution is -2.21. The Hall–Kier alpha value is -3.34. The van der Waals surface area contributed by atoms with E-state index in [1.54, 1.807) is 0 Å². The highest BCUT2D eigenvalue weighted by atomic mass is 32.2. The number of esters is 2. The summed E-state index contributed by atoms with van der Waals surface area (Å²) in [7, 11) is -4.77. The zero-order valence-electron chi connectivity index (χ0n) is 17.0. The van der Waals surface area contributed by atoms with E-state index in [4.69, 9.17) is 9.47 Å². The number of anilines is 1. The number of ether oxygens (including phenoxy) is 2. The molecule has 1 N–H and O–H groups in total. The van der Waals surface area contributed by atoms with Gasteiger partial charge >= 0.3 is 17.7 Å². The van der Waals surface area contributed by atoms with Crippen molar-refractivity contribution in [2.45, 2.75) is 30.4 Å². The second kappa shape index (κ2) is 11.3.